The van der Waals surface area contributed by atoms with Gasteiger partial charge in [0.25, 0.3) is 5.69 Å². The molecule has 0 saturated heterocycles. The minimum atomic E-state index is -0.431. The van der Waals surface area contributed by atoms with E-state index >= 15 is 0 Å². The third-order valence-electron chi connectivity index (χ3n) is 2.78. The number of non-ortho nitro benzene ring substituents is 1. The van der Waals surface area contributed by atoms with E-state index in [0.29, 0.717) is 11.5 Å². The Bertz CT molecular complexity index is 641. The van der Waals surface area contributed by atoms with Crippen molar-refractivity contribution in [3.8, 4) is 5.69 Å². The Morgan fingerprint density at radius 3 is 2.65 bits per heavy atom. The van der Waals surface area contributed by atoms with Crippen molar-refractivity contribution in [1.82, 2.24) is 9.78 Å². The summed E-state index contributed by atoms with van der Waals surface area (Å²) in [4.78, 5) is 10.4. The molecule has 0 fully saturated rings. The van der Waals surface area contributed by atoms with Gasteiger partial charge in [-0.1, -0.05) is 26.8 Å². The molecule has 0 aliphatic carbocycles. The molecule has 106 valence electrons. The molecule has 2 aromatic rings. The maximum Gasteiger partial charge on any atom is 0.271 e. The molecule has 0 aliphatic heterocycles. The van der Waals surface area contributed by atoms with E-state index < -0.39 is 4.92 Å². The molecule has 0 spiro atoms. The lowest BCUT2D eigenvalue weighted by atomic mass is 9.91. The average Bonchev–Trinajstić information content (AvgIpc) is 2.68. The van der Waals surface area contributed by atoms with Gasteiger partial charge >= 0.3 is 0 Å². The first-order valence-electron chi connectivity index (χ1n) is 6.35. The van der Waals surface area contributed by atoms with Crippen LogP contribution in [0.25, 0.3) is 5.69 Å². The molecule has 0 radical (unpaired) electrons. The van der Waals surface area contributed by atoms with E-state index in [0.717, 1.165) is 12.1 Å². The van der Waals surface area contributed by atoms with Gasteiger partial charge in [-0.3, -0.25) is 10.1 Å². The van der Waals surface area contributed by atoms with Gasteiger partial charge in [0.2, 0.25) is 0 Å². The monoisotopic (exact) mass is 274 g/mol. The molecular formula is C14H18N4O2. The maximum atomic E-state index is 10.8. The summed E-state index contributed by atoms with van der Waals surface area (Å²) in [5, 5.41) is 15.2. The SMILES string of the molecule is CC(C)(C)Cc1cc(N)n(-c2cccc([N+](=O)[O-])c2)n1. The van der Waals surface area contributed by atoms with E-state index in [2.05, 4.69) is 25.9 Å². The highest BCUT2D eigenvalue weighted by atomic mass is 16.6. The quantitative estimate of drug-likeness (QED) is 0.688. The zero-order valence-corrected chi connectivity index (χ0v) is 11.8. The molecule has 0 atom stereocenters. The van der Waals surface area contributed by atoms with Crippen molar-refractivity contribution < 1.29 is 4.92 Å². The van der Waals surface area contributed by atoms with Crippen molar-refractivity contribution in [2.45, 2.75) is 27.2 Å². The van der Waals surface area contributed by atoms with Gasteiger partial charge < -0.3 is 5.73 Å². The normalized spacial score (nSPS) is 11.6. The highest BCUT2D eigenvalue weighted by molar-refractivity contribution is 5.48. The summed E-state index contributed by atoms with van der Waals surface area (Å²) in [6.45, 7) is 6.36. The molecule has 1 aromatic heterocycles. The van der Waals surface area contributed by atoms with Crippen molar-refractivity contribution in [3.63, 3.8) is 0 Å². The Labute approximate surface area is 117 Å². The van der Waals surface area contributed by atoms with Gasteiger partial charge in [0, 0.05) is 18.2 Å². The number of nitro groups is 1. The summed E-state index contributed by atoms with van der Waals surface area (Å²) < 4.78 is 1.54. The lowest BCUT2D eigenvalue weighted by Gasteiger charge is -2.15. The number of hydrogen-bond donors (Lipinski definition) is 1. The second-order valence-corrected chi connectivity index (χ2v) is 5.99. The third-order valence-corrected chi connectivity index (χ3v) is 2.78. The number of benzene rings is 1. The minimum absolute atomic E-state index is 0.0229. The van der Waals surface area contributed by atoms with E-state index in [-0.39, 0.29) is 11.1 Å². The lowest BCUT2D eigenvalue weighted by molar-refractivity contribution is -0.384. The molecule has 6 nitrogen and oxygen atoms in total. The molecular weight excluding hydrogens is 256 g/mol. The van der Waals surface area contributed by atoms with Crippen molar-refractivity contribution in [1.29, 1.82) is 0 Å². The number of nitrogen functional groups attached to an aromatic ring is 1. The number of nitrogens with zero attached hydrogens (tertiary/aromatic N) is 3. The number of nitro benzene ring substituents is 1. The van der Waals surface area contributed by atoms with Crippen LogP contribution >= 0.6 is 0 Å². The second-order valence-electron chi connectivity index (χ2n) is 5.99. The number of aromatic nitrogens is 2. The van der Waals surface area contributed by atoms with Crippen LogP contribution < -0.4 is 5.73 Å². The van der Waals surface area contributed by atoms with E-state index in [9.17, 15) is 10.1 Å². The molecule has 6 heteroatoms. The Morgan fingerprint density at radius 1 is 1.35 bits per heavy atom. The summed E-state index contributed by atoms with van der Waals surface area (Å²) >= 11 is 0. The summed E-state index contributed by atoms with van der Waals surface area (Å²) in [6, 6.07) is 8.09. The predicted octanol–water partition coefficient (Wildman–Crippen LogP) is 2.95. The Morgan fingerprint density at radius 2 is 2.05 bits per heavy atom. The molecule has 0 aliphatic rings. The zero-order chi connectivity index (χ0) is 14.9. The van der Waals surface area contributed by atoms with Crippen LogP contribution in [0.2, 0.25) is 0 Å². The van der Waals surface area contributed by atoms with Crippen LogP contribution in [0, 0.1) is 15.5 Å². The van der Waals surface area contributed by atoms with Crippen LogP contribution in [0.4, 0.5) is 11.5 Å². The molecule has 1 aromatic carbocycles. The van der Waals surface area contributed by atoms with Crippen LogP contribution in [0.3, 0.4) is 0 Å². The van der Waals surface area contributed by atoms with Gasteiger partial charge in [0.1, 0.15) is 5.82 Å². The third kappa shape index (κ3) is 3.14. The van der Waals surface area contributed by atoms with Gasteiger partial charge in [-0.05, 0) is 17.9 Å². The van der Waals surface area contributed by atoms with Gasteiger partial charge in [-0.2, -0.15) is 5.10 Å². The fourth-order valence-corrected chi connectivity index (χ4v) is 2.02. The molecule has 0 bridgehead atoms. The predicted molar refractivity (Wildman–Crippen MR) is 77.8 cm³/mol. The van der Waals surface area contributed by atoms with Crippen molar-refractivity contribution in [3.05, 3.63) is 46.1 Å². The smallest absolute Gasteiger partial charge is 0.271 e. The number of nitrogens with two attached hydrogens (primary N) is 1. The molecule has 2 N–H and O–H groups in total. The topological polar surface area (TPSA) is 87.0 Å². The van der Waals surface area contributed by atoms with Crippen LogP contribution in [0.1, 0.15) is 26.5 Å². The van der Waals surface area contributed by atoms with Crippen molar-refractivity contribution in [2.24, 2.45) is 5.41 Å². The molecule has 1 heterocycles. The van der Waals surface area contributed by atoms with E-state index in [1.54, 1.807) is 12.1 Å². The fourth-order valence-electron chi connectivity index (χ4n) is 2.02. The number of hydrogen-bond acceptors (Lipinski definition) is 4. The molecule has 0 saturated carbocycles. The highest BCUT2D eigenvalue weighted by Crippen LogP contribution is 2.24. The van der Waals surface area contributed by atoms with Crippen LogP contribution in [-0.4, -0.2) is 14.7 Å². The highest BCUT2D eigenvalue weighted by Gasteiger charge is 2.16. The van der Waals surface area contributed by atoms with Crippen molar-refractivity contribution in [2.75, 3.05) is 5.73 Å². The standard InChI is InChI=1S/C14H18N4O2/c1-14(2,3)9-10-7-13(15)17(16-10)11-5-4-6-12(8-11)18(19)20/h4-8H,9,15H2,1-3H3. The minimum Gasteiger partial charge on any atom is -0.384 e. The molecule has 0 amide bonds. The first-order valence-corrected chi connectivity index (χ1v) is 6.35. The van der Waals surface area contributed by atoms with Crippen LogP contribution in [0.15, 0.2) is 30.3 Å². The van der Waals surface area contributed by atoms with Crippen LogP contribution in [-0.2, 0) is 6.42 Å². The van der Waals surface area contributed by atoms with E-state index in [1.165, 1.54) is 16.8 Å². The lowest BCUT2D eigenvalue weighted by Crippen LogP contribution is -2.10. The number of anilines is 1. The van der Waals surface area contributed by atoms with Crippen molar-refractivity contribution >= 4 is 11.5 Å². The Kier molecular flexibility index (Phi) is 3.48. The van der Waals surface area contributed by atoms with Gasteiger partial charge in [0.05, 0.1) is 16.3 Å². The number of rotatable bonds is 3. The van der Waals surface area contributed by atoms with E-state index in [1.807, 2.05) is 6.07 Å². The summed E-state index contributed by atoms with van der Waals surface area (Å²) in [5.41, 5.74) is 7.55. The molecule has 20 heavy (non-hydrogen) atoms. The Balaban J connectivity index is 2.38. The zero-order valence-electron chi connectivity index (χ0n) is 11.8. The summed E-state index contributed by atoms with van der Waals surface area (Å²) in [6.07, 6.45) is 0.791. The largest absolute Gasteiger partial charge is 0.384 e. The molecule has 0 unspecified atom stereocenters. The van der Waals surface area contributed by atoms with E-state index in [4.69, 9.17) is 5.73 Å². The Hall–Kier alpha value is -2.37. The first-order chi connectivity index (χ1) is 9.26. The second kappa shape index (κ2) is 4.96. The first kappa shape index (κ1) is 14.0. The average molecular weight is 274 g/mol. The summed E-state index contributed by atoms with van der Waals surface area (Å²) in [7, 11) is 0. The van der Waals surface area contributed by atoms with Crippen LogP contribution in [0.5, 0.6) is 0 Å². The van der Waals surface area contributed by atoms with Gasteiger partial charge in [0.15, 0.2) is 0 Å². The molecule has 2 rings (SSSR count). The fraction of sp³-hybridized carbons (Fsp3) is 0.357. The maximum absolute atomic E-state index is 10.8. The van der Waals surface area contributed by atoms with Gasteiger partial charge in [-0.15, -0.1) is 0 Å². The van der Waals surface area contributed by atoms with Gasteiger partial charge in [-0.25, -0.2) is 4.68 Å². The summed E-state index contributed by atoms with van der Waals surface area (Å²) in [5.74, 6) is 0.477.